The van der Waals surface area contributed by atoms with Gasteiger partial charge in [0.15, 0.2) is 0 Å². The van der Waals surface area contributed by atoms with Crippen LogP contribution in [0.4, 0.5) is 11.4 Å². The molecule has 0 aliphatic heterocycles. The number of benzene rings is 1. The van der Waals surface area contributed by atoms with Crippen LogP contribution in [0.5, 0.6) is 0 Å². The standard InChI is InChI=1S/C10H16N2O4S2/c1-4-18(15,16)11-9-5-6-10(8(2)7-9)12-17(3,13)14/h5-7,11-12H,4H2,1-3H3. The van der Waals surface area contributed by atoms with Crippen molar-refractivity contribution in [3.05, 3.63) is 23.8 Å². The maximum atomic E-state index is 11.4. The minimum Gasteiger partial charge on any atom is -0.284 e. The van der Waals surface area contributed by atoms with E-state index >= 15 is 0 Å². The zero-order valence-electron chi connectivity index (χ0n) is 10.4. The van der Waals surface area contributed by atoms with E-state index in [4.69, 9.17) is 0 Å². The van der Waals surface area contributed by atoms with Crippen molar-refractivity contribution in [2.45, 2.75) is 13.8 Å². The van der Waals surface area contributed by atoms with Crippen LogP contribution in [0, 0.1) is 6.92 Å². The van der Waals surface area contributed by atoms with Gasteiger partial charge in [0.25, 0.3) is 0 Å². The van der Waals surface area contributed by atoms with E-state index < -0.39 is 20.0 Å². The third-order valence-electron chi connectivity index (χ3n) is 2.18. The minimum atomic E-state index is -3.34. The molecule has 0 spiro atoms. The Morgan fingerprint density at radius 2 is 1.72 bits per heavy atom. The van der Waals surface area contributed by atoms with Gasteiger partial charge in [0.05, 0.1) is 17.7 Å². The lowest BCUT2D eigenvalue weighted by Gasteiger charge is -2.11. The molecule has 0 amide bonds. The Morgan fingerprint density at radius 3 is 2.17 bits per heavy atom. The molecule has 1 rings (SSSR count). The molecule has 0 aliphatic carbocycles. The summed E-state index contributed by atoms with van der Waals surface area (Å²) in [5.74, 6) is -0.0185. The predicted octanol–water partition coefficient (Wildman–Crippen LogP) is 1.13. The van der Waals surface area contributed by atoms with Crippen LogP contribution in [0.1, 0.15) is 12.5 Å². The Balaban J connectivity index is 3.00. The lowest BCUT2D eigenvalue weighted by molar-refractivity contribution is 0.601. The molecule has 1 aromatic rings. The molecule has 102 valence electrons. The van der Waals surface area contributed by atoms with E-state index in [-0.39, 0.29) is 5.75 Å². The van der Waals surface area contributed by atoms with E-state index in [1.165, 1.54) is 19.1 Å². The van der Waals surface area contributed by atoms with Gasteiger partial charge in [0.2, 0.25) is 20.0 Å². The van der Waals surface area contributed by atoms with E-state index in [1.807, 2.05) is 0 Å². The molecule has 0 aromatic heterocycles. The zero-order chi connectivity index (χ0) is 14.0. The van der Waals surface area contributed by atoms with Crippen LogP contribution in [0.3, 0.4) is 0 Å². The first-order valence-corrected chi connectivity index (χ1v) is 8.76. The maximum absolute atomic E-state index is 11.4. The Hall–Kier alpha value is -1.28. The summed E-state index contributed by atoms with van der Waals surface area (Å²) in [6, 6.07) is 4.60. The molecule has 0 bridgehead atoms. The number of aryl methyl sites for hydroxylation is 1. The van der Waals surface area contributed by atoms with Gasteiger partial charge in [-0.3, -0.25) is 9.44 Å². The first-order valence-electron chi connectivity index (χ1n) is 5.22. The van der Waals surface area contributed by atoms with Crippen LogP contribution in [0.2, 0.25) is 0 Å². The summed E-state index contributed by atoms with van der Waals surface area (Å²) in [7, 11) is -6.67. The Kier molecular flexibility index (Phi) is 4.23. The van der Waals surface area contributed by atoms with E-state index in [0.717, 1.165) is 6.26 Å². The van der Waals surface area contributed by atoms with Crippen molar-refractivity contribution in [3.8, 4) is 0 Å². The second-order valence-corrected chi connectivity index (χ2v) is 7.67. The molecule has 8 heteroatoms. The molecule has 0 radical (unpaired) electrons. The van der Waals surface area contributed by atoms with Gasteiger partial charge in [0, 0.05) is 5.69 Å². The molecule has 2 N–H and O–H groups in total. The van der Waals surface area contributed by atoms with Crippen molar-refractivity contribution in [2.75, 3.05) is 21.5 Å². The van der Waals surface area contributed by atoms with Gasteiger partial charge in [-0.2, -0.15) is 0 Å². The zero-order valence-corrected chi connectivity index (χ0v) is 12.0. The summed E-state index contributed by atoms with van der Waals surface area (Å²) in [6.07, 6.45) is 1.06. The molecular formula is C10H16N2O4S2. The molecule has 0 saturated carbocycles. The second kappa shape index (κ2) is 5.15. The van der Waals surface area contributed by atoms with Crippen LogP contribution >= 0.6 is 0 Å². The van der Waals surface area contributed by atoms with Crippen LogP contribution in [0.25, 0.3) is 0 Å². The lowest BCUT2D eigenvalue weighted by Crippen LogP contribution is -2.15. The van der Waals surface area contributed by atoms with Crippen molar-refractivity contribution >= 4 is 31.4 Å². The van der Waals surface area contributed by atoms with Crippen LogP contribution in [-0.4, -0.2) is 28.8 Å². The highest BCUT2D eigenvalue weighted by Gasteiger charge is 2.09. The van der Waals surface area contributed by atoms with Gasteiger partial charge >= 0.3 is 0 Å². The highest BCUT2D eigenvalue weighted by Crippen LogP contribution is 2.21. The molecule has 6 nitrogen and oxygen atoms in total. The number of hydrogen-bond acceptors (Lipinski definition) is 4. The fourth-order valence-corrected chi connectivity index (χ4v) is 2.55. The van der Waals surface area contributed by atoms with Gasteiger partial charge in [-0.15, -0.1) is 0 Å². The Bertz CT molecular complexity index is 636. The number of nitrogens with one attached hydrogen (secondary N) is 2. The van der Waals surface area contributed by atoms with Gasteiger partial charge < -0.3 is 0 Å². The number of hydrogen-bond donors (Lipinski definition) is 2. The molecule has 0 saturated heterocycles. The van der Waals surface area contributed by atoms with Gasteiger partial charge in [-0.25, -0.2) is 16.8 Å². The second-order valence-electron chi connectivity index (χ2n) is 3.91. The SMILES string of the molecule is CCS(=O)(=O)Nc1ccc(NS(C)(=O)=O)c(C)c1. The topological polar surface area (TPSA) is 92.3 Å². The highest BCUT2D eigenvalue weighted by molar-refractivity contribution is 7.92. The third-order valence-corrected chi connectivity index (χ3v) is 4.07. The van der Waals surface area contributed by atoms with E-state index in [2.05, 4.69) is 9.44 Å². The van der Waals surface area contributed by atoms with Crippen molar-refractivity contribution in [1.29, 1.82) is 0 Å². The Morgan fingerprint density at radius 1 is 1.11 bits per heavy atom. The lowest BCUT2D eigenvalue weighted by atomic mass is 10.2. The third kappa shape index (κ3) is 4.53. The maximum Gasteiger partial charge on any atom is 0.232 e. The fourth-order valence-electron chi connectivity index (χ4n) is 1.29. The summed E-state index contributed by atoms with van der Waals surface area (Å²) in [5.41, 5.74) is 1.47. The van der Waals surface area contributed by atoms with Gasteiger partial charge in [-0.05, 0) is 37.6 Å². The van der Waals surface area contributed by atoms with Crippen molar-refractivity contribution in [2.24, 2.45) is 0 Å². The number of sulfonamides is 2. The molecule has 0 fully saturated rings. The molecular weight excluding hydrogens is 276 g/mol. The molecule has 0 unspecified atom stereocenters. The number of rotatable bonds is 5. The first-order chi connectivity index (χ1) is 8.13. The molecule has 1 aromatic carbocycles. The Labute approximate surface area is 108 Å². The summed E-state index contributed by atoms with van der Waals surface area (Å²) in [4.78, 5) is 0. The summed E-state index contributed by atoms with van der Waals surface area (Å²) in [6.45, 7) is 3.23. The monoisotopic (exact) mass is 292 g/mol. The molecule has 0 aliphatic rings. The normalized spacial score (nSPS) is 12.2. The largest absolute Gasteiger partial charge is 0.284 e. The molecule has 0 heterocycles. The molecule has 18 heavy (non-hydrogen) atoms. The fraction of sp³-hybridized carbons (Fsp3) is 0.400. The van der Waals surface area contributed by atoms with Crippen molar-refractivity contribution < 1.29 is 16.8 Å². The quantitative estimate of drug-likeness (QED) is 0.851. The van der Waals surface area contributed by atoms with Gasteiger partial charge in [0.1, 0.15) is 0 Å². The van der Waals surface area contributed by atoms with Gasteiger partial charge in [-0.1, -0.05) is 0 Å². The average Bonchev–Trinajstić information content (AvgIpc) is 2.20. The first kappa shape index (κ1) is 14.8. The molecule has 0 atom stereocenters. The average molecular weight is 292 g/mol. The number of anilines is 2. The van der Waals surface area contributed by atoms with Crippen LogP contribution < -0.4 is 9.44 Å². The van der Waals surface area contributed by atoms with Crippen LogP contribution in [-0.2, 0) is 20.0 Å². The summed E-state index contributed by atoms with van der Waals surface area (Å²) >= 11 is 0. The summed E-state index contributed by atoms with van der Waals surface area (Å²) in [5, 5.41) is 0. The van der Waals surface area contributed by atoms with Crippen molar-refractivity contribution in [1.82, 2.24) is 0 Å². The predicted molar refractivity (Wildman–Crippen MR) is 72.7 cm³/mol. The van der Waals surface area contributed by atoms with Crippen LogP contribution in [0.15, 0.2) is 18.2 Å². The van der Waals surface area contributed by atoms with Crippen molar-refractivity contribution in [3.63, 3.8) is 0 Å². The van der Waals surface area contributed by atoms with E-state index in [0.29, 0.717) is 16.9 Å². The highest BCUT2D eigenvalue weighted by atomic mass is 32.2. The summed E-state index contributed by atoms with van der Waals surface area (Å²) < 4.78 is 49.7. The smallest absolute Gasteiger partial charge is 0.232 e. The minimum absolute atomic E-state index is 0.0185. The van der Waals surface area contributed by atoms with E-state index in [9.17, 15) is 16.8 Å². The van der Waals surface area contributed by atoms with E-state index in [1.54, 1.807) is 13.0 Å².